The zero-order chi connectivity index (χ0) is 14.2. The van der Waals surface area contributed by atoms with Gasteiger partial charge in [0.2, 0.25) is 0 Å². The van der Waals surface area contributed by atoms with Crippen LogP contribution in [0.1, 0.15) is 42.6 Å². The molecule has 1 aliphatic heterocycles. The average Bonchev–Trinajstić information content (AvgIpc) is 2.36. The predicted octanol–water partition coefficient (Wildman–Crippen LogP) is 3.60. The van der Waals surface area contributed by atoms with E-state index >= 15 is 0 Å². The first kappa shape index (κ1) is 14.4. The highest BCUT2D eigenvalue weighted by Gasteiger charge is 2.29. The highest BCUT2D eigenvalue weighted by Crippen LogP contribution is 2.28. The Labute approximate surface area is 123 Å². The SMILES string of the molecule is Cc1c(N)cc(Br)cc1C(=O)N1CCCC(C)C1C. The molecule has 0 saturated carbocycles. The largest absolute Gasteiger partial charge is 0.398 e. The smallest absolute Gasteiger partial charge is 0.254 e. The minimum atomic E-state index is 0.101. The highest BCUT2D eigenvalue weighted by molar-refractivity contribution is 9.10. The number of carbonyl (C=O) groups excluding carboxylic acids is 1. The normalized spacial score (nSPS) is 23.5. The molecule has 1 heterocycles. The van der Waals surface area contributed by atoms with Crippen LogP contribution in [0.2, 0.25) is 0 Å². The predicted molar refractivity (Wildman–Crippen MR) is 82.2 cm³/mol. The summed E-state index contributed by atoms with van der Waals surface area (Å²) in [6.45, 7) is 7.11. The number of piperidine rings is 1. The van der Waals surface area contributed by atoms with Crippen molar-refractivity contribution in [3.63, 3.8) is 0 Å². The number of nitrogens with two attached hydrogens (primary N) is 1. The minimum absolute atomic E-state index is 0.101. The van der Waals surface area contributed by atoms with E-state index in [1.54, 1.807) is 0 Å². The van der Waals surface area contributed by atoms with E-state index in [1.807, 2.05) is 24.0 Å². The summed E-state index contributed by atoms with van der Waals surface area (Å²) >= 11 is 3.42. The standard InChI is InChI=1S/C15H21BrN2O/c1-9-5-4-6-18(11(9)3)15(19)13-7-12(16)8-14(17)10(13)2/h7-9,11H,4-6,17H2,1-3H3. The van der Waals surface area contributed by atoms with Crippen LogP contribution < -0.4 is 5.73 Å². The summed E-state index contributed by atoms with van der Waals surface area (Å²) in [4.78, 5) is 14.7. The van der Waals surface area contributed by atoms with Gasteiger partial charge in [-0.1, -0.05) is 22.9 Å². The Morgan fingerprint density at radius 1 is 1.42 bits per heavy atom. The van der Waals surface area contributed by atoms with Crippen molar-refractivity contribution in [2.45, 2.75) is 39.7 Å². The molecule has 1 fully saturated rings. The summed E-state index contributed by atoms with van der Waals surface area (Å²) in [6, 6.07) is 4.01. The van der Waals surface area contributed by atoms with E-state index in [0.717, 1.165) is 23.0 Å². The highest BCUT2D eigenvalue weighted by atomic mass is 79.9. The van der Waals surface area contributed by atoms with Gasteiger partial charge in [0.15, 0.2) is 0 Å². The summed E-state index contributed by atoms with van der Waals surface area (Å²) in [5, 5.41) is 0. The Hall–Kier alpha value is -1.03. The van der Waals surface area contributed by atoms with Crippen LogP contribution in [0.3, 0.4) is 0 Å². The summed E-state index contributed by atoms with van der Waals surface area (Å²) in [7, 11) is 0. The van der Waals surface area contributed by atoms with Crippen LogP contribution in [0.5, 0.6) is 0 Å². The van der Waals surface area contributed by atoms with E-state index in [1.165, 1.54) is 6.42 Å². The quantitative estimate of drug-likeness (QED) is 0.802. The lowest BCUT2D eigenvalue weighted by Crippen LogP contribution is -2.46. The molecule has 4 heteroatoms. The Morgan fingerprint density at radius 2 is 2.11 bits per heavy atom. The topological polar surface area (TPSA) is 46.3 Å². The number of rotatable bonds is 1. The fourth-order valence-electron chi connectivity index (χ4n) is 2.70. The molecule has 0 aliphatic carbocycles. The third-order valence-corrected chi connectivity index (χ3v) is 4.74. The van der Waals surface area contributed by atoms with Gasteiger partial charge in [-0.2, -0.15) is 0 Å². The first-order valence-corrected chi connectivity index (χ1v) is 7.57. The van der Waals surface area contributed by atoms with Crippen LogP contribution in [-0.4, -0.2) is 23.4 Å². The van der Waals surface area contributed by atoms with Crippen molar-refractivity contribution in [1.82, 2.24) is 4.90 Å². The van der Waals surface area contributed by atoms with Gasteiger partial charge in [0.25, 0.3) is 5.91 Å². The Morgan fingerprint density at radius 3 is 2.79 bits per heavy atom. The van der Waals surface area contributed by atoms with Gasteiger partial charge in [0, 0.05) is 28.3 Å². The van der Waals surface area contributed by atoms with Crippen molar-refractivity contribution in [3.05, 3.63) is 27.7 Å². The van der Waals surface area contributed by atoms with E-state index in [-0.39, 0.29) is 5.91 Å². The lowest BCUT2D eigenvalue weighted by Gasteiger charge is -2.38. The van der Waals surface area contributed by atoms with Crippen LogP contribution in [0.25, 0.3) is 0 Å². The number of likely N-dealkylation sites (tertiary alicyclic amines) is 1. The summed E-state index contributed by atoms with van der Waals surface area (Å²) < 4.78 is 0.858. The molecule has 2 unspecified atom stereocenters. The van der Waals surface area contributed by atoms with E-state index in [0.29, 0.717) is 23.2 Å². The van der Waals surface area contributed by atoms with Gasteiger partial charge in [0.05, 0.1) is 0 Å². The Kier molecular flexibility index (Phi) is 4.19. The van der Waals surface area contributed by atoms with Crippen LogP contribution >= 0.6 is 15.9 Å². The van der Waals surface area contributed by atoms with Gasteiger partial charge in [-0.25, -0.2) is 0 Å². The monoisotopic (exact) mass is 324 g/mol. The molecule has 1 amide bonds. The van der Waals surface area contributed by atoms with Crippen LogP contribution in [-0.2, 0) is 0 Å². The van der Waals surface area contributed by atoms with Crippen LogP contribution in [0.4, 0.5) is 5.69 Å². The maximum atomic E-state index is 12.7. The summed E-state index contributed by atoms with van der Waals surface area (Å²) in [5.41, 5.74) is 8.20. The number of hydrogen-bond donors (Lipinski definition) is 1. The zero-order valence-corrected chi connectivity index (χ0v) is 13.3. The van der Waals surface area contributed by atoms with Crippen molar-refractivity contribution in [3.8, 4) is 0 Å². The van der Waals surface area contributed by atoms with Gasteiger partial charge in [-0.15, -0.1) is 0 Å². The number of nitrogens with zero attached hydrogens (tertiary/aromatic N) is 1. The lowest BCUT2D eigenvalue weighted by molar-refractivity contribution is 0.0550. The molecule has 1 aromatic carbocycles. The summed E-state index contributed by atoms with van der Waals surface area (Å²) in [6.07, 6.45) is 2.28. The number of hydrogen-bond acceptors (Lipinski definition) is 2. The van der Waals surface area contributed by atoms with Crippen molar-refractivity contribution >= 4 is 27.5 Å². The molecule has 19 heavy (non-hydrogen) atoms. The average molecular weight is 325 g/mol. The van der Waals surface area contributed by atoms with Crippen molar-refractivity contribution in [2.24, 2.45) is 5.92 Å². The van der Waals surface area contributed by atoms with Gasteiger partial charge in [0.1, 0.15) is 0 Å². The van der Waals surface area contributed by atoms with Crippen molar-refractivity contribution in [1.29, 1.82) is 0 Å². The molecule has 3 nitrogen and oxygen atoms in total. The van der Waals surface area contributed by atoms with Gasteiger partial charge in [-0.05, 0) is 50.3 Å². The molecule has 0 spiro atoms. The number of carbonyl (C=O) groups is 1. The Balaban J connectivity index is 2.34. The second kappa shape index (κ2) is 5.53. The number of amides is 1. The number of halogens is 1. The van der Waals surface area contributed by atoms with E-state index in [4.69, 9.17) is 5.73 Å². The zero-order valence-electron chi connectivity index (χ0n) is 11.7. The maximum Gasteiger partial charge on any atom is 0.254 e. The molecular weight excluding hydrogens is 304 g/mol. The number of anilines is 1. The molecule has 2 N–H and O–H groups in total. The molecule has 0 radical (unpaired) electrons. The van der Waals surface area contributed by atoms with Crippen LogP contribution in [0.15, 0.2) is 16.6 Å². The fraction of sp³-hybridized carbons (Fsp3) is 0.533. The molecule has 1 aromatic rings. The molecule has 0 aromatic heterocycles. The maximum absolute atomic E-state index is 12.7. The molecule has 2 rings (SSSR count). The molecule has 2 atom stereocenters. The molecule has 1 aliphatic rings. The molecule has 1 saturated heterocycles. The number of benzene rings is 1. The summed E-state index contributed by atoms with van der Waals surface area (Å²) in [5.74, 6) is 0.659. The second-order valence-corrected chi connectivity index (χ2v) is 6.44. The third-order valence-electron chi connectivity index (χ3n) is 4.28. The lowest BCUT2D eigenvalue weighted by atomic mass is 9.91. The van der Waals surface area contributed by atoms with Crippen molar-refractivity contribution < 1.29 is 4.79 Å². The van der Waals surface area contributed by atoms with Gasteiger partial charge in [-0.3, -0.25) is 4.79 Å². The van der Waals surface area contributed by atoms with Gasteiger partial charge < -0.3 is 10.6 Å². The second-order valence-electron chi connectivity index (χ2n) is 5.53. The minimum Gasteiger partial charge on any atom is -0.398 e. The van der Waals surface area contributed by atoms with E-state index in [9.17, 15) is 4.79 Å². The first-order chi connectivity index (χ1) is 8.91. The first-order valence-electron chi connectivity index (χ1n) is 6.78. The molecule has 0 bridgehead atoms. The number of nitrogen functional groups attached to an aromatic ring is 1. The molecule has 104 valence electrons. The third kappa shape index (κ3) is 2.78. The molecular formula is C15H21BrN2O. The van der Waals surface area contributed by atoms with Gasteiger partial charge >= 0.3 is 0 Å². The van der Waals surface area contributed by atoms with Crippen LogP contribution in [0, 0.1) is 12.8 Å². The fourth-order valence-corrected chi connectivity index (χ4v) is 3.17. The van der Waals surface area contributed by atoms with E-state index in [2.05, 4.69) is 29.8 Å². The van der Waals surface area contributed by atoms with E-state index < -0.39 is 0 Å². The van der Waals surface area contributed by atoms with Crippen molar-refractivity contribution in [2.75, 3.05) is 12.3 Å². The Bertz CT molecular complexity index is 501.